The maximum Gasteiger partial charge on any atom is 0.407 e. The molecule has 2 fully saturated rings. The molecule has 0 bridgehead atoms. The summed E-state index contributed by atoms with van der Waals surface area (Å²) in [6.07, 6.45) is 8.52. The van der Waals surface area contributed by atoms with Gasteiger partial charge < -0.3 is 25.2 Å². The zero-order valence-electron chi connectivity index (χ0n) is 31.5. The number of carbonyl (C=O) groups excluding carboxylic acids is 3. The normalized spacial score (nSPS) is 17.1. The van der Waals surface area contributed by atoms with Crippen LogP contribution in [-0.4, -0.2) is 72.0 Å². The van der Waals surface area contributed by atoms with Crippen molar-refractivity contribution in [3.63, 3.8) is 0 Å². The average molecular weight is 729 g/mol. The Hall–Kier alpha value is -4.95. The highest BCUT2D eigenvalue weighted by atomic mass is 16.5. The van der Waals surface area contributed by atoms with Gasteiger partial charge in [0, 0.05) is 32.1 Å². The molecular formula is C46H56N4O4. The molecule has 0 aromatic heterocycles. The number of ether oxygens (including phenoxy) is 1. The summed E-state index contributed by atoms with van der Waals surface area (Å²) >= 11 is 0. The van der Waals surface area contributed by atoms with E-state index < -0.39 is 17.7 Å². The molecule has 3 amide bonds. The number of carbonyl (C=O) groups is 3. The van der Waals surface area contributed by atoms with Crippen LogP contribution in [-0.2, 0) is 27.4 Å². The van der Waals surface area contributed by atoms with E-state index in [4.69, 9.17) is 4.74 Å². The molecular weight excluding hydrogens is 673 g/mol. The fourth-order valence-electron chi connectivity index (χ4n) is 8.04. The van der Waals surface area contributed by atoms with Crippen molar-refractivity contribution in [1.82, 2.24) is 20.4 Å². The van der Waals surface area contributed by atoms with Crippen molar-refractivity contribution >= 4 is 17.9 Å². The zero-order chi connectivity index (χ0) is 37.4. The number of likely N-dealkylation sites (tertiary alicyclic amines) is 1. The van der Waals surface area contributed by atoms with Gasteiger partial charge >= 0.3 is 6.09 Å². The summed E-state index contributed by atoms with van der Waals surface area (Å²) in [4.78, 5) is 45.6. The minimum absolute atomic E-state index is 0.00596. The molecule has 1 unspecified atom stereocenters. The van der Waals surface area contributed by atoms with Crippen LogP contribution in [0.15, 0.2) is 121 Å². The molecule has 0 saturated carbocycles. The Morgan fingerprint density at radius 2 is 1.30 bits per heavy atom. The molecule has 54 heavy (non-hydrogen) atoms. The van der Waals surface area contributed by atoms with Gasteiger partial charge in [0.25, 0.3) is 0 Å². The lowest BCUT2D eigenvalue weighted by molar-refractivity contribution is -0.161. The van der Waals surface area contributed by atoms with Gasteiger partial charge in [-0.3, -0.25) is 9.59 Å². The van der Waals surface area contributed by atoms with Crippen LogP contribution < -0.4 is 10.6 Å². The molecule has 6 rings (SSSR count). The molecule has 2 heterocycles. The van der Waals surface area contributed by atoms with Gasteiger partial charge in [-0.05, 0) is 80.2 Å². The molecule has 8 nitrogen and oxygen atoms in total. The number of hydrogen-bond donors (Lipinski definition) is 2. The van der Waals surface area contributed by atoms with Crippen molar-refractivity contribution < 1.29 is 19.1 Å². The lowest BCUT2D eigenvalue weighted by atomic mass is 9.79. The molecule has 284 valence electrons. The first-order valence-electron chi connectivity index (χ1n) is 19.9. The van der Waals surface area contributed by atoms with Crippen LogP contribution in [0.5, 0.6) is 0 Å². The third-order valence-corrected chi connectivity index (χ3v) is 11.2. The third kappa shape index (κ3) is 10.6. The summed E-state index contributed by atoms with van der Waals surface area (Å²) in [6.45, 7) is 3.69. The van der Waals surface area contributed by atoms with Crippen LogP contribution in [0.2, 0.25) is 0 Å². The van der Waals surface area contributed by atoms with E-state index in [1.165, 1.54) is 24.8 Å². The Balaban J connectivity index is 1.06. The second kappa shape index (κ2) is 19.9. The number of amides is 3. The summed E-state index contributed by atoms with van der Waals surface area (Å²) in [7, 11) is 0. The quantitative estimate of drug-likeness (QED) is 0.102. The average Bonchev–Trinajstić information content (AvgIpc) is 3.22. The van der Waals surface area contributed by atoms with E-state index in [1.54, 1.807) is 0 Å². The third-order valence-electron chi connectivity index (χ3n) is 11.2. The lowest BCUT2D eigenvalue weighted by Crippen LogP contribution is -2.73. The molecule has 2 saturated heterocycles. The Morgan fingerprint density at radius 3 is 1.93 bits per heavy atom. The van der Waals surface area contributed by atoms with Crippen molar-refractivity contribution in [2.75, 3.05) is 32.7 Å². The Kier molecular flexibility index (Phi) is 14.3. The van der Waals surface area contributed by atoms with Crippen molar-refractivity contribution in [3.8, 4) is 0 Å². The number of nitrogens with zero attached hydrogens (tertiary/aromatic N) is 2. The van der Waals surface area contributed by atoms with Crippen molar-refractivity contribution in [2.24, 2.45) is 0 Å². The first-order chi connectivity index (χ1) is 26.5. The van der Waals surface area contributed by atoms with Crippen molar-refractivity contribution in [1.29, 1.82) is 0 Å². The van der Waals surface area contributed by atoms with Crippen LogP contribution in [0.4, 0.5) is 4.79 Å². The molecule has 2 N–H and O–H groups in total. The summed E-state index contributed by atoms with van der Waals surface area (Å²) in [5.41, 5.74) is 3.71. The monoisotopic (exact) mass is 728 g/mol. The van der Waals surface area contributed by atoms with Gasteiger partial charge in [0.2, 0.25) is 11.8 Å². The van der Waals surface area contributed by atoms with Gasteiger partial charge in [-0.25, -0.2) is 4.79 Å². The largest absolute Gasteiger partial charge is 0.445 e. The number of rotatable bonds is 18. The van der Waals surface area contributed by atoms with E-state index in [9.17, 15) is 14.4 Å². The van der Waals surface area contributed by atoms with E-state index in [-0.39, 0.29) is 24.3 Å². The molecule has 0 aliphatic carbocycles. The minimum atomic E-state index is -0.883. The van der Waals surface area contributed by atoms with Crippen LogP contribution in [0.25, 0.3) is 0 Å². The second-order valence-corrected chi connectivity index (χ2v) is 14.9. The van der Waals surface area contributed by atoms with Gasteiger partial charge in [0.15, 0.2) is 0 Å². The molecule has 2 aliphatic rings. The molecule has 2 aliphatic heterocycles. The fourth-order valence-corrected chi connectivity index (χ4v) is 8.04. The SMILES string of the molecule is O=C(NCCCCC1NC(=O)C2(CCN(CCCCCCc3ccccc3)CC2)N(CC(c2ccccc2)c2ccccc2)C1=O)OCc1ccccc1. The number of aryl methyl sites for hydroxylation is 1. The Morgan fingerprint density at radius 1 is 0.722 bits per heavy atom. The van der Waals surface area contributed by atoms with Crippen LogP contribution >= 0.6 is 0 Å². The number of piperazine rings is 1. The maximum atomic E-state index is 14.6. The molecule has 0 radical (unpaired) electrons. The number of unbranched alkanes of at least 4 members (excludes halogenated alkanes) is 4. The molecule has 1 atom stereocenters. The summed E-state index contributed by atoms with van der Waals surface area (Å²) in [5, 5.41) is 6.00. The van der Waals surface area contributed by atoms with E-state index >= 15 is 0 Å². The van der Waals surface area contributed by atoms with Crippen LogP contribution in [0.1, 0.15) is 86.0 Å². The summed E-state index contributed by atoms with van der Waals surface area (Å²) in [6, 6.07) is 40.3. The molecule has 4 aromatic rings. The molecule has 1 spiro atoms. The summed E-state index contributed by atoms with van der Waals surface area (Å²) in [5.74, 6) is -0.108. The van der Waals surface area contributed by atoms with E-state index in [0.29, 0.717) is 45.2 Å². The van der Waals surface area contributed by atoms with Gasteiger partial charge in [-0.1, -0.05) is 134 Å². The number of piperidine rings is 1. The van der Waals surface area contributed by atoms with Gasteiger partial charge in [0.1, 0.15) is 18.2 Å². The molecule has 4 aromatic carbocycles. The summed E-state index contributed by atoms with van der Waals surface area (Å²) < 4.78 is 5.33. The number of hydrogen-bond acceptors (Lipinski definition) is 5. The maximum absolute atomic E-state index is 14.6. The van der Waals surface area contributed by atoms with E-state index in [0.717, 1.165) is 49.2 Å². The van der Waals surface area contributed by atoms with E-state index in [2.05, 4.69) is 70.1 Å². The number of alkyl carbamates (subject to hydrolysis) is 1. The van der Waals surface area contributed by atoms with Crippen LogP contribution in [0, 0.1) is 0 Å². The fraction of sp³-hybridized carbons (Fsp3) is 0.413. The minimum Gasteiger partial charge on any atom is -0.445 e. The molecule has 8 heteroatoms. The first kappa shape index (κ1) is 38.8. The topological polar surface area (TPSA) is 91.0 Å². The second-order valence-electron chi connectivity index (χ2n) is 14.9. The van der Waals surface area contributed by atoms with Gasteiger partial charge in [0.05, 0.1) is 0 Å². The van der Waals surface area contributed by atoms with Gasteiger partial charge in [-0.2, -0.15) is 0 Å². The highest BCUT2D eigenvalue weighted by Gasteiger charge is 2.53. The highest BCUT2D eigenvalue weighted by Crippen LogP contribution is 2.37. The lowest BCUT2D eigenvalue weighted by Gasteiger charge is -2.52. The standard InChI is InChI=1S/C46H56N4O4/c51-43-42(28-16-17-31-47-45(53)54-36-38-22-10-4-11-23-38)48-44(52)46(50(43)35-41(39-24-12-5-13-25-39)40-26-14-6-15-27-40)29-33-49(34-30-46)32-18-2-1-7-19-37-20-8-3-9-21-37/h3-6,8-15,20-27,41-42H,1-2,7,16-19,28-36H2,(H,47,53)(H,48,52). The predicted octanol–water partition coefficient (Wildman–Crippen LogP) is 7.88. The van der Waals surface area contributed by atoms with Crippen molar-refractivity contribution in [2.45, 2.75) is 88.3 Å². The smallest absolute Gasteiger partial charge is 0.407 e. The van der Waals surface area contributed by atoms with Crippen LogP contribution in [0.3, 0.4) is 0 Å². The highest BCUT2D eigenvalue weighted by molar-refractivity contribution is 6.00. The number of nitrogens with one attached hydrogen (secondary N) is 2. The van der Waals surface area contributed by atoms with Gasteiger partial charge in [-0.15, -0.1) is 0 Å². The first-order valence-corrected chi connectivity index (χ1v) is 19.9. The Labute approximate surface area is 321 Å². The predicted molar refractivity (Wildman–Crippen MR) is 214 cm³/mol. The van der Waals surface area contributed by atoms with Crippen molar-refractivity contribution in [3.05, 3.63) is 144 Å². The number of benzene rings is 4. The zero-order valence-corrected chi connectivity index (χ0v) is 31.5. The van der Waals surface area contributed by atoms with E-state index in [1.807, 2.05) is 71.6 Å². The Bertz CT molecular complexity index is 1690.